The Balaban J connectivity index is 1.86. The summed E-state index contributed by atoms with van der Waals surface area (Å²) >= 11 is 0. The van der Waals surface area contributed by atoms with Gasteiger partial charge in [-0.1, -0.05) is 24.3 Å². The van der Waals surface area contributed by atoms with Crippen LogP contribution in [0.3, 0.4) is 0 Å². The molecule has 5 nitrogen and oxygen atoms in total. The second-order valence-corrected chi connectivity index (χ2v) is 6.64. The second-order valence-electron chi connectivity index (χ2n) is 6.64. The number of alkyl halides is 2. The van der Waals surface area contributed by atoms with Gasteiger partial charge in [-0.15, -0.1) is 0 Å². The molecule has 0 saturated carbocycles. The van der Waals surface area contributed by atoms with Gasteiger partial charge in [0.05, 0.1) is 12.1 Å². The highest BCUT2D eigenvalue weighted by atomic mass is 19.3. The minimum Gasteiger partial charge on any atom is -0.491 e. The fourth-order valence-electron chi connectivity index (χ4n) is 2.55. The molecular weight excluding hydrogens is 366 g/mol. The third-order valence-corrected chi connectivity index (χ3v) is 3.80. The van der Waals surface area contributed by atoms with Crippen LogP contribution < -0.4 is 20.1 Å². The van der Waals surface area contributed by atoms with Crippen molar-refractivity contribution < 1.29 is 23.0 Å². The fourth-order valence-corrected chi connectivity index (χ4v) is 2.55. The average Bonchev–Trinajstić information content (AvgIpc) is 2.65. The number of carbonyl (C=O) groups excluding carboxylic acids is 1. The molecule has 0 bridgehead atoms. The van der Waals surface area contributed by atoms with Gasteiger partial charge in [-0.05, 0) is 56.2 Å². The third kappa shape index (κ3) is 7.42. The number of carbonyl (C=O) groups is 1. The Hall–Kier alpha value is -2.83. The van der Waals surface area contributed by atoms with E-state index in [9.17, 15) is 13.6 Å². The summed E-state index contributed by atoms with van der Waals surface area (Å²) in [7, 11) is 0. The lowest BCUT2D eigenvalue weighted by Gasteiger charge is -2.17. The summed E-state index contributed by atoms with van der Waals surface area (Å²) in [5, 5.41) is 5.62. The number of halogens is 2. The van der Waals surface area contributed by atoms with E-state index in [4.69, 9.17) is 9.47 Å². The molecule has 28 heavy (non-hydrogen) atoms. The highest BCUT2D eigenvalue weighted by Gasteiger charge is 2.11. The summed E-state index contributed by atoms with van der Waals surface area (Å²) in [6.07, 6.45) is -2.46. The van der Waals surface area contributed by atoms with Crippen LogP contribution >= 0.6 is 0 Å². The van der Waals surface area contributed by atoms with Crippen molar-refractivity contribution in [3.8, 4) is 11.5 Å². The highest BCUT2D eigenvalue weighted by Crippen LogP contribution is 2.20. The van der Waals surface area contributed by atoms with Crippen LogP contribution in [0, 0.1) is 0 Å². The quantitative estimate of drug-likeness (QED) is 0.652. The van der Waals surface area contributed by atoms with Crippen molar-refractivity contribution in [1.29, 1.82) is 0 Å². The zero-order chi connectivity index (χ0) is 20.5. The van der Waals surface area contributed by atoms with Gasteiger partial charge in [0.1, 0.15) is 18.1 Å². The van der Waals surface area contributed by atoms with Crippen LogP contribution in [-0.2, 0) is 6.54 Å². The van der Waals surface area contributed by atoms with Crippen LogP contribution in [0.1, 0.15) is 37.9 Å². The molecule has 1 unspecified atom stereocenters. The molecule has 0 aliphatic rings. The zero-order valence-corrected chi connectivity index (χ0v) is 16.2. The van der Waals surface area contributed by atoms with Gasteiger partial charge < -0.3 is 20.1 Å². The molecule has 0 spiro atoms. The van der Waals surface area contributed by atoms with Crippen molar-refractivity contribution in [1.82, 2.24) is 10.6 Å². The van der Waals surface area contributed by atoms with E-state index in [2.05, 4.69) is 10.6 Å². The highest BCUT2D eigenvalue weighted by molar-refractivity contribution is 5.74. The lowest BCUT2D eigenvalue weighted by Crippen LogP contribution is -2.36. The predicted molar refractivity (Wildman–Crippen MR) is 104 cm³/mol. The van der Waals surface area contributed by atoms with E-state index in [0.29, 0.717) is 5.75 Å². The first-order valence-electron chi connectivity index (χ1n) is 9.14. The first-order chi connectivity index (χ1) is 13.3. The van der Waals surface area contributed by atoms with Crippen molar-refractivity contribution in [2.24, 2.45) is 0 Å². The van der Waals surface area contributed by atoms with Crippen LogP contribution in [0.5, 0.6) is 11.5 Å². The van der Waals surface area contributed by atoms with Gasteiger partial charge in [-0.3, -0.25) is 0 Å². The maximum Gasteiger partial charge on any atom is 0.315 e. The van der Waals surface area contributed by atoms with E-state index in [1.807, 2.05) is 45.0 Å². The Morgan fingerprint density at radius 1 is 1.04 bits per heavy atom. The standard InChI is InChI=1S/C21H26F2N2O3/c1-14(2)28-19-9-5-7-17(11-19)15(3)25-21(26)24-12-16-6-4-8-18(10-16)27-13-20(22)23/h4-11,14-15,20H,12-13H2,1-3H3,(H2,24,25,26). The summed E-state index contributed by atoms with van der Waals surface area (Å²) < 4.78 is 35.1. The van der Waals surface area contributed by atoms with E-state index in [1.165, 1.54) is 0 Å². The molecule has 0 aromatic heterocycles. The molecule has 0 radical (unpaired) electrons. The van der Waals surface area contributed by atoms with Crippen molar-refractivity contribution in [2.75, 3.05) is 6.61 Å². The average molecular weight is 392 g/mol. The van der Waals surface area contributed by atoms with E-state index in [-0.39, 0.29) is 24.7 Å². The first-order valence-corrected chi connectivity index (χ1v) is 9.14. The Kier molecular flexibility index (Phi) is 8.04. The van der Waals surface area contributed by atoms with Crippen molar-refractivity contribution in [2.45, 2.75) is 45.9 Å². The zero-order valence-electron chi connectivity index (χ0n) is 16.2. The normalized spacial score (nSPS) is 12.0. The number of benzene rings is 2. The molecule has 2 rings (SSSR count). The predicted octanol–water partition coefficient (Wildman–Crippen LogP) is 4.68. The fraction of sp³-hybridized carbons (Fsp3) is 0.381. The summed E-state index contributed by atoms with van der Waals surface area (Å²) in [4.78, 5) is 12.2. The van der Waals surface area contributed by atoms with Crippen molar-refractivity contribution in [3.05, 3.63) is 59.7 Å². The number of hydrogen-bond acceptors (Lipinski definition) is 3. The molecular formula is C21H26F2N2O3. The molecule has 0 saturated heterocycles. The van der Waals surface area contributed by atoms with Gasteiger partial charge in [0.25, 0.3) is 6.43 Å². The van der Waals surface area contributed by atoms with Gasteiger partial charge in [-0.25, -0.2) is 13.6 Å². The molecule has 0 aliphatic heterocycles. The maximum atomic E-state index is 12.2. The number of amides is 2. The first kappa shape index (κ1) is 21.5. The van der Waals surface area contributed by atoms with Gasteiger partial charge in [0.15, 0.2) is 0 Å². The third-order valence-electron chi connectivity index (χ3n) is 3.80. The summed E-state index contributed by atoms with van der Waals surface area (Å²) in [6, 6.07) is 13.7. The van der Waals surface area contributed by atoms with Gasteiger partial charge >= 0.3 is 6.03 Å². The van der Waals surface area contributed by atoms with Gasteiger partial charge in [0.2, 0.25) is 0 Å². The van der Waals surface area contributed by atoms with Crippen LogP contribution in [-0.4, -0.2) is 25.2 Å². The molecule has 1 atom stereocenters. The minimum atomic E-state index is -2.53. The molecule has 2 aromatic carbocycles. The van der Waals surface area contributed by atoms with Crippen LogP contribution in [0.25, 0.3) is 0 Å². The second kappa shape index (κ2) is 10.5. The Morgan fingerprint density at radius 3 is 2.46 bits per heavy atom. The van der Waals surface area contributed by atoms with Crippen LogP contribution in [0.15, 0.2) is 48.5 Å². The number of ether oxygens (including phenoxy) is 2. The molecule has 2 N–H and O–H groups in total. The van der Waals surface area contributed by atoms with Gasteiger partial charge in [-0.2, -0.15) is 0 Å². The van der Waals surface area contributed by atoms with E-state index in [1.54, 1.807) is 24.3 Å². The topological polar surface area (TPSA) is 59.6 Å². The monoisotopic (exact) mass is 392 g/mol. The number of nitrogens with one attached hydrogen (secondary N) is 2. The van der Waals surface area contributed by atoms with Crippen LogP contribution in [0.4, 0.5) is 13.6 Å². The van der Waals surface area contributed by atoms with E-state index < -0.39 is 13.0 Å². The number of urea groups is 1. The summed E-state index contributed by atoms with van der Waals surface area (Å²) in [5.74, 6) is 1.09. The van der Waals surface area contributed by atoms with Crippen molar-refractivity contribution in [3.63, 3.8) is 0 Å². The summed E-state index contributed by atoms with van der Waals surface area (Å²) in [6.45, 7) is 5.38. The molecule has 2 amide bonds. The number of hydrogen-bond donors (Lipinski definition) is 2. The van der Waals surface area contributed by atoms with E-state index in [0.717, 1.165) is 16.9 Å². The molecule has 0 fully saturated rings. The summed E-state index contributed by atoms with van der Waals surface area (Å²) in [5.41, 5.74) is 1.68. The minimum absolute atomic E-state index is 0.0715. The lowest BCUT2D eigenvalue weighted by molar-refractivity contribution is 0.0818. The molecule has 7 heteroatoms. The molecule has 2 aromatic rings. The number of rotatable bonds is 9. The maximum absolute atomic E-state index is 12.2. The lowest BCUT2D eigenvalue weighted by atomic mass is 10.1. The molecule has 152 valence electrons. The Labute approximate surface area is 164 Å². The Bertz CT molecular complexity index is 769. The van der Waals surface area contributed by atoms with Crippen molar-refractivity contribution >= 4 is 6.03 Å². The smallest absolute Gasteiger partial charge is 0.315 e. The van der Waals surface area contributed by atoms with Crippen LogP contribution in [0.2, 0.25) is 0 Å². The SMILES string of the molecule is CC(C)Oc1cccc(C(C)NC(=O)NCc2cccc(OCC(F)F)c2)c1. The molecule has 0 aliphatic carbocycles. The largest absolute Gasteiger partial charge is 0.491 e. The van der Waals surface area contributed by atoms with Gasteiger partial charge in [0, 0.05) is 6.54 Å². The molecule has 0 heterocycles. The Morgan fingerprint density at radius 2 is 1.75 bits per heavy atom. The van der Waals surface area contributed by atoms with E-state index >= 15 is 0 Å².